The molecule has 0 aliphatic carbocycles. The lowest BCUT2D eigenvalue weighted by molar-refractivity contribution is -0.115. The molecule has 4 rings (SSSR count). The molecule has 4 aromatic rings. The van der Waals surface area contributed by atoms with Crippen molar-refractivity contribution in [1.29, 1.82) is 0 Å². The maximum atomic E-state index is 12.4. The highest BCUT2D eigenvalue weighted by molar-refractivity contribution is 7.14. The Morgan fingerprint density at radius 1 is 1.27 bits per heavy atom. The topological polar surface area (TPSA) is 77.2 Å². The summed E-state index contributed by atoms with van der Waals surface area (Å²) in [7, 11) is 1.60. The summed E-state index contributed by atoms with van der Waals surface area (Å²) in [6, 6.07) is 9.31. The number of methoxy groups -OCH3 is 1. The second kappa shape index (κ2) is 6.97. The number of benzene rings is 1. The third kappa shape index (κ3) is 3.29. The molecule has 1 amide bonds. The standard InChI is InChI=1S/C19H15N3O3S/c1-24-14-2-3-15-13(10-25-17(15)9-14)8-18(23)22-19-21-16(11-26-19)12-4-6-20-7-5-12/h2-7,9-11H,8H2,1H3,(H,21,22,23). The van der Waals surface area contributed by atoms with Crippen LogP contribution in [0.3, 0.4) is 0 Å². The van der Waals surface area contributed by atoms with E-state index in [1.165, 1.54) is 11.3 Å². The Kier molecular flexibility index (Phi) is 4.37. The summed E-state index contributed by atoms with van der Waals surface area (Å²) in [5.74, 6) is 0.577. The first kappa shape index (κ1) is 16.3. The number of aromatic nitrogens is 2. The molecule has 6 nitrogen and oxygen atoms in total. The van der Waals surface area contributed by atoms with Crippen molar-refractivity contribution in [1.82, 2.24) is 9.97 Å². The lowest BCUT2D eigenvalue weighted by atomic mass is 10.1. The average molecular weight is 365 g/mol. The van der Waals surface area contributed by atoms with Crippen molar-refractivity contribution >= 4 is 33.3 Å². The van der Waals surface area contributed by atoms with Crippen LogP contribution in [-0.4, -0.2) is 23.0 Å². The molecule has 0 saturated heterocycles. The summed E-state index contributed by atoms with van der Waals surface area (Å²) in [6.07, 6.45) is 5.25. The number of ether oxygens (including phenoxy) is 1. The molecule has 3 heterocycles. The minimum Gasteiger partial charge on any atom is -0.497 e. The van der Waals surface area contributed by atoms with E-state index in [-0.39, 0.29) is 12.3 Å². The number of hydrogen-bond donors (Lipinski definition) is 1. The van der Waals surface area contributed by atoms with Crippen molar-refractivity contribution in [2.45, 2.75) is 6.42 Å². The van der Waals surface area contributed by atoms with E-state index in [4.69, 9.17) is 9.15 Å². The first-order chi connectivity index (χ1) is 12.7. The van der Waals surface area contributed by atoms with Crippen molar-refractivity contribution < 1.29 is 13.9 Å². The maximum absolute atomic E-state index is 12.4. The second-order valence-electron chi connectivity index (χ2n) is 5.62. The quantitative estimate of drug-likeness (QED) is 0.575. The van der Waals surface area contributed by atoms with Crippen LogP contribution in [0, 0.1) is 0 Å². The molecule has 0 aliphatic heterocycles. The zero-order chi connectivity index (χ0) is 17.9. The number of anilines is 1. The highest BCUT2D eigenvalue weighted by Gasteiger charge is 2.13. The Labute approximate surface area is 153 Å². The summed E-state index contributed by atoms with van der Waals surface area (Å²) < 4.78 is 10.7. The largest absolute Gasteiger partial charge is 0.497 e. The molecule has 0 atom stereocenters. The Hall–Kier alpha value is -3.19. The number of hydrogen-bond acceptors (Lipinski definition) is 6. The van der Waals surface area contributed by atoms with E-state index in [2.05, 4.69) is 15.3 Å². The van der Waals surface area contributed by atoms with Gasteiger partial charge in [0.2, 0.25) is 5.91 Å². The van der Waals surface area contributed by atoms with Gasteiger partial charge >= 0.3 is 0 Å². The molecule has 1 N–H and O–H groups in total. The Morgan fingerprint density at radius 2 is 2.12 bits per heavy atom. The van der Waals surface area contributed by atoms with Gasteiger partial charge in [0.15, 0.2) is 5.13 Å². The molecule has 0 radical (unpaired) electrons. The second-order valence-corrected chi connectivity index (χ2v) is 6.48. The highest BCUT2D eigenvalue weighted by Crippen LogP contribution is 2.27. The van der Waals surface area contributed by atoms with Gasteiger partial charge in [-0.1, -0.05) is 0 Å². The zero-order valence-electron chi connectivity index (χ0n) is 13.9. The molecule has 0 unspecified atom stereocenters. The number of pyridine rings is 1. The van der Waals surface area contributed by atoms with Gasteiger partial charge in [0.05, 0.1) is 25.5 Å². The average Bonchev–Trinajstić information content (AvgIpc) is 3.29. The molecule has 0 fully saturated rings. The third-order valence-corrected chi connectivity index (χ3v) is 4.70. The molecule has 0 aliphatic rings. The summed E-state index contributed by atoms with van der Waals surface area (Å²) >= 11 is 1.39. The molecule has 3 aromatic heterocycles. The fourth-order valence-electron chi connectivity index (χ4n) is 2.65. The van der Waals surface area contributed by atoms with Crippen molar-refractivity contribution in [2.75, 3.05) is 12.4 Å². The SMILES string of the molecule is COc1ccc2c(CC(=O)Nc3nc(-c4ccncc4)cs3)coc2c1. The van der Waals surface area contributed by atoms with Gasteiger partial charge in [-0.3, -0.25) is 9.78 Å². The molecule has 0 saturated carbocycles. The van der Waals surface area contributed by atoms with Crippen LogP contribution in [0.1, 0.15) is 5.56 Å². The van der Waals surface area contributed by atoms with Gasteiger partial charge in [0.25, 0.3) is 0 Å². The number of fused-ring (bicyclic) bond motifs is 1. The van der Waals surface area contributed by atoms with Gasteiger partial charge in [-0.25, -0.2) is 4.98 Å². The predicted molar refractivity (Wildman–Crippen MR) is 100 cm³/mol. The predicted octanol–water partition coefficient (Wildman–Crippen LogP) is 4.14. The minimum atomic E-state index is -0.140. The first-order valence-electron chi connectivity index (χ1n) is 7.93. The highest BCUT2D eigenvalue weighted by atomic mass is 32.1. The van der Waals surface area contributed by atoms with Crippen LogP contribution in [0.15, 0.2) is 58.8 Å². The van der Waals surface area contributed by atoms with E-state index in [0.717, 1.165) is 22.2 Å². The summed E-state index contributed by atoms with van der Waals surface area (Å²) in [4.78, 5) is 20.8. The normalized spacial score (nSPS) is 10.8. The van der Waals surface area contributed by atoms with Crippen LogP contribution in [0.4, 0.5) is 5.13 Å². The monoisotopic (exact) mass is 365 g/mol. The molecule has 26 heavy (non-hydrogen) atoms. The maximum Gasteiger partial charge on any atom is 0.230 e. The van der Waals surface area contributed by atoms with E-state index >= 15 is 0 Å². The lowest BCUT2D eigenvalue weighted by Gasteiger charge is -2.01. The molecular weight excluding hydrogens is 350 g/mol. The van der Waals surface area contributed by atoms with E-state index in [9.17, 15) is 4.79 Å². The van der Waals surface area contributed by atoms with Crippen LogP contribution < -0.4 is 10.1 Å². The van der Waals surface area contributed by atoms with Crippen LogP contribution in [-0.2, 0) is 11.2 Å². The van der Waals surface area contributed by atoms with Crippen molar-refractivity contribution in [3.63, 3.8) is 0 Å². The van der Waals surface area contributed by atoms with Crippen LogP contribution in [0.5, 0.6) is 5.75 Å². The van der Waals surface area contributed by atoms with E-state index in [1.807, 2.05) is 29.6 Å². The molecule has 7 heteroatoms. The van der Waals surface area contributed by atoms with Gasteiger partial charge in [-0.2, -0.15) is 0 Å². The smallest absolute Gasteiger partial charge is 0.230 e. The number of furan rings is 1. The van der Waals surface area contributed by atoms with Crippen molar-refractivity contribution in [3.05, 3.63) is 59.9 Å². The molecule has 0 bridgehead atoms. The number of thiazole rings is 1. The number of carbonyl (C=O) groups is 1. The number of rotatable bonds is 5. The van der Waals surface area contributed by atoms with E-state index in [1.54, 1.807) is 31.8 Å². The van der Waals surface area contributed by atoms with Crippen molar-refractivity contribution in [2.24, 2.45) is 0 Å². The number of carbonyl (C=O) groups excluding carboxylic acids is 1. The Morgan fingerprint density at radius 3 is 2.92 bits per heavy atom. The van der Waals surface area contributed by atoms with Crippen LogP contribution in [0.2, 0.25) is 0 Å². The summed E-state index contributed by atoms with van der Waals surface area (Å²) in [5, 5.41) is 6.22. The fourth-order valence-corrected chi connectivity index (χ4v) is 3.39. The first-order valence-corrected chi connectivity index (χ1v) is 8.81. The van der Waals surface area contributed by atoms with Gasteiger partial charge in [-0.15, -0.1) is 11.3 Å². The zero-order valence-corrected chi connectivity index (χ0v) is 14.7. The number of amides is 1. The summed E-state index contributed by atoms with van der Waals surface area (Å²) in [6.45, 7) is 0. The fraction of sp³-hybridized carbons (Fsp3) is 0.105. The molecule has 0 spiro atoms. The van der Waals surface area contributed by atoms with E-state index < -0.39 is 0 Å². The minimum absolute atomic E-state index is 0.140. The van der Waals surface area contributed by atoms with Gasteiger partial charge in [-0.05, 0) is 24.3 Å². The van der Waals surface area contributed by atoms with Crippen LogP contribution in [0.25, 0.3) is 22.2 Å². The Balaban J connectivity index is 1.47. The van der Waals surface area contributed by atoms with Crippen molar-refractivity contribution in [3.8, 4) is 17.0 Å². The molecular formula is C19H15N3O3S. The summed E-state index contributed by atoms with van der Waals surface area (Å²) in [5.41, 5.74) is 3.30. The van der Waals surface area contributed by atoms with Gasteiger partial charge < -0.3 is 14.5 Å². The molecule has 1 aromatic carbocycles. The number of nitrogens with zero attached hydrogens (tertiary/aromatic N) is 2. The van der Waals surface area contributed by atoms with Gasteiger partial charge in [0, 0.05) is 40.4 Å². The van der Waals surface area contributed by atoms with Crippen LogP contribution >= 0.6 is 11.3 Å². The van der Waals surface area contributed by atoms with E-state index in [0.29, 0.717) is 16.5 Å². The number of nitrogens with one attached hydrogen (secondary N) is 1. The molecule has 130 valence electrons. The lowest BCUT2D eigenvalue weighted by Crippen LogP contribution is -2.13. The van der Waals surface area contributed by atoms with Gasteiger partial charge in [0.1, 0.15) is 11.3 Å². The Bertz CT molecular complexity index is 1060. The third-order valence-electron chi connectivity index (χ3n) is 3.94.